The maximum Gasteiger partial charge on any atom is 0.127 e. The lowest BCUT2D eigenvalue weighted by Crippen LogP contribution is -2.04. The van der Waals surface area contributed by atoms with E-state index in [9.17, 15) is 0 Å². The van der Waals surface area contributed by atoms with E-state index in [4.69, 9.17) is 15.2 Å². The van der Waals surface area contributed by atoms with Gasteiger partial charge in [0.25, 0.3) is 0 Å². The highest BCUT2D eigenvalue weighted by molar-refractivity contribution is 5.95. The Bertz CT molecular complexity index is 528. The van der Waals surface area contributed by atoms with Crippen LogP contribution in [-0.2, 0) is 6.42 Å². The molecule has 0 unspecified atom stereocenters. The molecule has 0 heterocycles. The van der Waals surface area contributed by atoms with Gasteiger partial charge in [-0.2, -0.15) is 0 Å². The Kier molecular flexibility index (Phi) is 5.25. The van der Waals surface area contributed by atoms with Gasteiger partial charge in [-0.15, -0.1) is 12.4 Å². The third kappa shape index (κ3) is 2.52. The van der Waals surface area contributed by atoms with E-state index < -0.39 is 0 Å². The van der Waals surface area contributed by atoms with Gasteiger partial charge in [0.1, 0.15) is 11.5 Å². The summed E-state index contributed by atoms with van der Waals surface area (Å²) in [6, 6.07) is 10.00. The van der Waals surface area contributed by atoms with Crippen LogP contribution in [0.5, 0.6) is 11.5 Å². The van der Waals surface area contributed by atoms with E-state index in [1.54, 1.807) is 14.2 Å². The van der Waals surface area contributed by atoms with Crippen molar-refractivity contribution < 1.29 is 9.47 Å². The van der Waals surface area contributed by atoms with Crippen LogP contribution in [0.3, 0.4) is 0 Å². The second-order valence-corrected chi connectivity index (χ2v) is 3.85. The molecule has 2 rings (SSSR count). The SMILES string of the molecule is COc1ccc(CCN)c2c(OC)cccc12.Cl. The summed E-state index contributed by atoms with van der Waals surface area (Å²) in [6.07, 6.45) is 0.834. The number of rotatable bonds is 4. The van der Waals surface area contributed by atoms with Crippen LogP contribution in [-0.4, -0.2) is 20.8 Å². The lowest BCUT2D eigenvalue weighted by Gasteiger charge is -2.13. The highest BCUT2D eigenvalue weighted by Gasteiger charge is 2.10. The van der Waals surface area contributed by atoms with E-state index in [1.165, 1.54) is 5.56 Å². The summed E-state index contributed by atoms with van der Waals surface area (Å²) in [6.45, 7) is 0.624. The Morgan fingerprint density at radius 1 is 1.00 bits per heavy atom. The van der Waals surface area contributed by atoms with Gasteiger partial charge < -0.3 is 15.2 Å². The van der Waals surface area contributed by atoms with E-state index in [1.807, 2.05) is 24.3 Å². The van der Waals surface area contributed by atoms with Crippen molar-refractivity contribution in [3.05, 3.63) is 35.9 Å². The molecular formula is C14H18ClNO2. The van der Waals surface area contributed by atoms with E-state index >= 15 is 0 Å². The first-order valence-electron chi connectivity index (χ1n) is 5.64. The first-order chi connectivity index (χ1) is 8.31. The average molecular weight is 268 g/mol. The quantitative estimate of drug-likeness (QED) is 0.926. The molecule has 0 aliphatic heterocycles. The lowest BCUT2D eigenvalue weighted by molar-refractivity contribution is 0.415. The maximum atomic E-state index is 5.64. The molecule has 0 fully saturated rings. The Morgan fingerprint density at radius 2 is 1.72 bits per heavy atom. The standard InChI is InChI=1S/C14H17NO2.ClH/c1-16-12-7-6-10(8-9-15)14-11(12)4-3-5-13(14)17-2;/h3-7H,8-9,15H2,1-2H3;1H. The molecule has 0 aliphatic carbocycles. The Hall–Kier alpha value is -1.45. The molecule has 2 N–H and O–H groups in total. The van der Waals surface area contributed by atoms with Crippen LogP contribution in [0.1, 0.15) is 5.56 Å². The molecule has 0 atom stereocenters. The number of fused-ring (bicyclic) bond motifs is 1. The highest BCUT2D eigenvalue weighted by atomic mass is 35.5. The van der Waals surface area contributed by atoms with Crippen molar-refractivity contribution in [2.45, 2.75) is 6.42 Å². The van der Waals surface area contributed by atoms with Crippen LogP contribution >= 0.6 is 12.4 Å². The minimum Gasteiger partial charge on any atom is -0.496 e. The molecule has 2 aromatic carbocycles. The summed E-state index contributed by atoms with van der Waals surface area (Å²) in [5.74, 6) is 1.73. The second-order valence-electron chi connectivity index (χ2n) is 3.85. The maximum absolute atomic E-state index is 5.64. The van der Waals surface area contributed by atoms with Crippen LogP contribution in [0.4, 0.5) is 0 Å². The van der Waals surface area contributed by atoms with Crippen molar-refractivity contribution in [2.75, 3.05) is 20.8 Å². The fraction of sp³-hybridized carbons (Fsp3) is 0.286. The van der Waals surface area contributed by atoms with E-state index in [0.29, 0.717) is 6.54 Å². The number of halogens is 1. The van der Waals surface area contributed by atoms with Crippen LogP contribution in [0, 0.1) is 0 Å². The number of nitrogens with two attached hydrogens (primary N) is 1. The van der Waals surface area contributed by atoms with Crippen molar-refractivity contribution in [3.8, 4) is 11.5 Å². The molecular weight excluding hydrogens is 250 g/mol. The van der Waals surface area contributed by atoms with Gasteiger partial charge in [-0.05, 0) is 30.7 Å². The highest BCUT2D eigenvalue weighted by Crippen LogP contribution is 2.34. The van der Waals surface area contributed by atoms with E-state index in [-0.39, 0.29) is 12.4 Å². The molecule has 0 amide bonds. The van der Waals surface area contributed by atoms with E-state index in [0.717, 1.165) is 28.7 Å². The summed E-state index contributed by atoms with van der Waals surface area (Å²) in [7, 11) is 3.36. The molecule has 3 nitrogen and oxygen atoms in total. The molecule has 0 saturated carbocycles. The second kappa shape index (κ2) is 6.47. The molecule has 0 radical (unpaired) electrons. The molecule has 98 valence electrons. The molecule has 0 aromatic heterocycles. The summed E-state index contributed by atoms with van der Waals surface area (Å²) in [4.78, 5) is 0. The zero-order chi connectivity index (χ0) is 12.3. The van der Waals surface area contributed by atoms with Gasteiger partial charge in [0.2, 0.25) is 0 Å². The predicted molar refractivity (Wildman–Crippen MR) is 77.1 cm³/mol. The van der Waals surface area contributed by atoms with Crippen LogP contribution < -0.4 is 15.2 Å². The fourth-order valence-corrected chi connectivity index (χ4v) is 2.13. The molecule has 0 bridgehead atoms. The van der Waals surface area contributed by atoms with Crippen molar-refractivity contribution >= 4 is 23.2 Å². The number of benzene rings is 2. The topological polar surface area (TPSA) is 44.5 Å². The van der Waals surface area contributed by atoms with E-state index in [2.05, 4.69) is 6.07 Å². The van der Waals surface area contributed by atoms with Crippen LogP contribution in [0.25, 0.3) is 10.8 Å². The lowest BCUT2D eigenvalue weighted by atomic mass is 10.0. The Balaban J connectivity index is 0.00000162. The van der Waals surface area contributed by atoms with Crippen molar-refractivity contribution in [1.82, 2.24) is 0 Å². The third-order valence-corrected chi connectivity index (χ3v) is 2.90. The molecule has 0 aliphatic rings. The summed E-state index contributed by atoms with van der Waals surface area (Å²) in [5, 5.41) is 2.16. The van der Waals surface area contributed by atoms with Gasteiger partial charge in [0.15, 0.2) is 0 Å². The van der Waals surface area contributed by atoms with Gasteiger partial charge in [-0.3, -0.25) is 0 Å². The Labute approximate surface area is 113 Å². The number of methoxy groups -OCH3 is 2. The predicted octanol–water partition coefficient (Wildman–Crippen LogP) is 2.78. The number of hydrogen-bond donors (Lipinski definition) is 1. The fourth-order valence-electron chi connectivity index (χ4n) is 2.13. The Morgan fingerprint density at radius 3 is 2.33 bits per heavy atom. The van der Waals surface area contributed by atoms with Gasteiger partial charge in [-0.25, -0.2) is 0 Å². The van der Waals surface area contributed by atoms with Crippen molar-refractivity contribution in [1.29, 1.82) is 0 Å². The first kappa shape index (κ1) is 14.6. The van der Waals surface area contributed by atoms with Crippen LogP contribution in [0.2, 0.25) is 0 Å². The summed E-state index contributed by atoms with van der Waals surface area (Å²) in [5.41, 5.74) is 6.84. The van der Waals surface area contributed by atoms with Gasteiger partial charge >= 0.3 is 0 Å². The summed E-state index contributed by atoms with van der Waals surface area (Å²) >= 11 is 0. The molecule has 18 heavy (non-hydrogen) atoms. The van der Waals surface area contributed by atoms with Gasteiger partial charge in [0, 0.05) is 10.8 Å². The molecule has 0 saturated heterocycles. The smallest absolute Gasteiger partial charge is 0.127 e. The first-order valence-corrected chi connectivity index (χ1v) is 5.64. The average Bonchev–Trinajstić information content (AvgIpc) is 2.38. The minimum atomic E-state index is 0. The number of ether oxygens (including phenoxy) is 2. The minimum absolute atomic E-state index is 0. The van der Waals surface area contributed by atoms with Crippen molar-refractivity contribution in [3.63, 3.8) is 0 Å². The van der Waals surface area contributed by atoms with Gasteiger partial charge in [-0.1, -0.05) is 18.2 Å². The largest absolute Gasteiger partial charge is 0.496 e. The molecule has 4 heteroatoms. The number of hydrogen-bond acceptors (Lipinski definition) is 3. The monoisotopic (exact) mass is 267 g/mol. The normalized spacial score (nSPS) is 9.94. The van der Waals surface area contributed by atoms with Crippen LogP contribution in [0.15, 0.2) is 30.3 Å². The summed E-state index contributed by atoms with van der Waals surface area (Å²) < 4.78 is 10.8. The molecule has 2 aromatic rings. The zero-order valence-electron chi connectivity index (χ0n) is 10.6. The third-order valence-electron chi connectivity index (χ3n) is 2.90. The van der Waals surface area contributed by atoms with Gasteiger partial charge in [0.05, 0.1) is 14.2 Å². The zero-order valence-corrected chi connectivity index (χ0v) is 11.4. The molecule has 0 spiro atoms. The van der Waals surface area contributed by atoms with Crippen molar-refractivity contribution in [2.24, 2.45) is 5.73 Å².